The van der Waals surface area contributed by atoms with Crippen molar-refractivity contribution in [2.75, 3.05) is 11.9 Å². The predicted octanol–water partition coefficient (Wildman–Crippen LogP) is 4.45. The van der Waals surface area contributed by atoms with Crippen LogP contribution in [0.3, 0.4) is 0 Å². The van der Waals surface area contributed by atoms with Gasteiger partial charge >= 0.3 is 5.97 Å². The highest BCUT2D eigenvalue weighted by molar-refractivity contribution is 5.92. The maximum Gasteiger partial charge on any atom is 0.335 e. The third-order valence-electron chi connectivity index (χ3n) is 6.65. The van der Waals surface area contributed by atoms with Crippen LogP contribution in [0, 0.1) is 18.3 Å². The van der Waals surface area contributed by atoms with Gasteiger partial charge in [0.2, 0.25) is 0 Å². The van der Waals surface area contributed by atoms with Crippen LogP contribution in [0.2, 0.25) is 0 Å². The Morgan fingerprint density at radius 1 is 1.32 bits per heavy atom. The molecule has 1 aromatic carbocycles. The van der Waals surface area contributed by atoms with Crippen molar-refractivity contribution >= 4 is 39.3 Å². The van der Waals surface area contributed by atoms with E-state index in [0.717, 1.165) is 22.3 Å². The Morgan fingerprint density at radius 2 is 2.13 bits per heavy atom. The molecule has 2 N–H and O–H groups in total. The quantitative estimate of drug-likeness (QED) is 0.373. The van der Waals surface area contributed by atoms with Crippen LogP contribution in [0.5, 0.6) is 0 Å². The average Bonchev–Trinajstić information content (AvgIpc) is 3.24. The second-order valence-corrected chi connectivity index (χ2v) is 10.7. The van der Waals surface area contributed by atoms with Gasteiger partial charge in [0, 0.05) is 23.0 Å². The molecule has 1 aliphatic rings. The molecule has 0 spiro atoms. The first-order valence-electron chi connectivity index (χ1n) is 12.6. The number of ether oxygens (including phenoxy) is 2. The van der Waals surface area contributed by atoms with Crippen LogP contribution >= 0.6 is 0 Å². The standard InChI is InChI=1S/C28H30N6O4/c1-17-5-6-18-15-19(7-8-20(18)31-17)32-24-23-21(10-14-30-25(23)35)34(33-24)28(12-13-29)11-9-22(37-16-28)26(36)38-27(2,3)4/h5-8,10,14-15,22H,9,11-12,16H2,1-4H3,(H,30,35)(H,32,33). The van der Waals surface area contributed by atoms with Gasteiger partial charge in [-0.2, -0.15) is 10.4 Å². The highest BCUT2D eigenvalue weighted by Gasteiger charge is 2.43. The van der Waals surface area contributed by atoms with Gasteiger partial charge < -0.3 is 19.8 Å². The van der Waals surface area contributed by atoms with Crippen LogP contribution in [-0.4, -0.2) is 44.0 Å². The minimum atomic E-state index is -0.857. The van der Waals surface area contributed by atoms with Gasteiger partial charge in [0.05, 0.1) is 35.7 Å². The zero-order valence-corrected chi connectivity index (χ0v) is 21.9. The van der Waals surface area contributed by atoms with Crippen molar-refractivity contribution in [1.82, 2.24) is 19.7 Å². The molecule has 2 unspecified atom stereocenters. The van der Waals surface area contributed by atoms with Gasteiger partial charge in [-0.05, 0) is 70.9 Å². The molecule has 10 heteroatoms. The Morgan fingerprint density at radius 3 is 2.84 bits per heavy atom. The summed E-state index contributed by atoms with van der Waals surface area (Å²) in [5.41, 5.74) is 1.34. The number of aryl methyl sites for hydroxylation is 1. The fraction of sp³-hybridized carbons (Fsp3) is 0.393. The van der Waals surface area contributed by atoms with Gasteiger partial charge in [-0.25, -0.2) is 4.79 Å². The lowest BCUT2D eigenvalue weighted by Gasteiger charge is -2.39. The van der Waals surface area contributed by atoms with E-state index in [4.69, 9.17) is 14.6 Å². The molecule has 0 bridgehead atoms. The number of anilines is 2. The van der Waals surface area contributed by atoms with E-state index in [1.165, 1.54) is 0 Å². The summed E-state index contributed by atoms with van der Waals surface area (Å²) in [6.45, 7) is 7.45. The van der Waals surface area contributed by atoms with E-state index in [0.29, 0.717) is 29.6 Å². The smallest absolute Gasteiger partial charge is 0.335 e. The van der Waals surface area contributed by atoms with Gasteiger partial charge in [-0.15, -0.1) is 0 Å². The Kier molecular flexibility index (Phi) is 6.41. The summed E-state index contributed by atoms with van der Waals surface area (Å²) in [7, 11) is 0. The van der Waals surface area contributed by atoms with Gasteiger partial charge in [0.15, 0.2) is 11.9 Å². The number of nitrogens with one attached hydrogen (secondary N) is 2. The molecule has 0 saturated carbocycles. The lowest BCUT2D eigenvalue weighted by Crippen LogP contribution is -2.47. The number of carbonyl (C=O) groups excluding carboxylic acids is 1. The summed E-state index contributed by atoms with van der Waals surface area (Å²) in [6, 6.07) is 13.7. The molecule has 4 heterocycles. The largest absolute Gasteiger partial charge is 0.458 e. The van der Waals surface area contributed by atoms with Gasteiger partial charge in [-0.3, -0.25) is 14.5 Å². The monoisotopic (exact) mass is 514 g/mol. The molecule has 2 atom stereocenters. The first-order chi connectivity index (χ1) is 18.1. The van der Waals surface area contributed by atoms with Crippen molar-refractivity contribution in [3.05, 3.63) is 58.6 Å². The number of benzene rings is 1. The third-order valence-corrected chi connectivity index (χ3v) is 6.65. The maximum absolute atomic E-state index is 13.0. The zero-order valence-electron chi connectivity index (χ0n) is 21.9. The Hall–Kier alpha value is -4.23. The van der Waals surface area contributed by atoms with E-state index in [-0.39, 0.29) is 18.6 Å². The number of fused-ring (bicyclic) bond motifs is 2. The van der Waals surface area contributed by atoms with Gasteiger partial charge in [0.25, 0.3) is 5.56 Å². The molecule has 4 aromatic rings. The van der Waals surface area contributed by atoms with Crippen LogP contribution < -0.4 is 10.9 Å². The lowest BCUT2D eigenvalue weighted by molar-refractivity contribution is -0.176. The third kappa shape index (κ3) is 4.85. The molecule has 3 aromatic heterocycles. The fourth-order valence-electron chi connectivity index (χ4n) is 4.86. The highest BCUT2D eigenvalue weighted by Crippen LogP contribution is 2.37. The number of hydrogen-bond acceptors (Lipinski definition) is 8. The van der Waals surface area contributed by atoms with E-state index in [1.807, 2.05) is 58.0 Å². The summed E-state index contributed by atoms with van der Waals surface area (Å²) in [4.78, 5) is 32.8. The van der Waals surface area contributed by atoms with Crippen LogP contribution in [-0.2, 0) is 19.8 Å². The molecule has 5 rings (SSSR count). The highest BCUT2D eigenvalue weighted by atomic mass is 16.6. The molecule has 0 aliphatic carbocycles. The molecule has 1 fully saturated rings. The topological polar surface area (TPSA) is 135 Å². The normalized spacial score (nSPS) is 19.8. The number of pyridine rings is 2. The molecule has 0 radical (unpaired) electrons. The zero-order chi connectivity index (χ0) is 27.1. The van der Waals surface area contributed by atoms with Crippen molar-refractivity contribution in [2.45, 2.75) is 64.2 Å². The number of rotatable bonds is 5. The van der Waals surface area contributed by atoms with Crippen LogP contribution in [0.15, 0.2) is 47.4 Å². The van der Waals surface area contributed by atoms with E-state index in [1.54, 1.807) is 16.9 Å². The minimum absolute atomic E-state index is 0.0779. The van der Waals surface area contributed by atoms with E-state index >= 15 is 0 Å². The van der Waals surface area contributed by atoms with Crippen LogP contribution in [0.1, 0.15) is 45.7 Å². The summed E-state index contributed by atoms with van der Waals surface area (Å²) in [5.74, 6) is -0.0546. The summed E-state index contributed by atoms with van der Waals surface area (Å²) in [6.07, 6.45) is 1.75. The van der Waals surface area contributed by atoms with Crippen molar-refractivity contribution in [3.8, 4) is 6.07 Å². The number of aromatic amines is 1. The number of esters is 1. The number of H-pyrrole nitrogens is 1. The number of carbonyl (C=O) groups is 1. The van der Waals surface area contributed by atoms with Crippen molar-refractivity contribution in [2.24, 2.45) is 0 Å². The van der Waals surface area contributed by atoms with Crippen molar-refractivity contribution in [3.63, 3.8) is 0 Å². The number of aromatic nitrogens is 4. The maximum atomic E-state index is 13.0. The molecular weight excluding hydrogens is 484 g/mol. The SMILES string of the molecule is Cc1ccc2cc(Nc3nn(C4(CC#N)CCC(C(=O)OC(C)(C)C)OC4)c4cc[nH]c(=O)c34)ccc2n1. The number of hydrogen-bond donors (Lipinski definition) is 2. The van der Waals surface area contributed by atoms with Gasteiger partial charge in [-0.1, -0.05) is 6.07 Å². The predicted molar refractivity (Wildman–Crippen MR) is 143 cm³/mol. The molecule has 1 saturated heterocycles. The lowest BCUT2D eigenvalue weighted by atomic mass is 9.87. The van der Waals surface area contributed by atoms with E-state index < -0.39 is 23.2 Å². The first-order valence-corrected chi connectivity index (χ1v) is 12.6. The minimum Gasteiger partial charge on any atom is -0.458 e. The van der Waals surface area contributed by atoms with Crippen molar-refractivity contribution in [1.29, 1.82) is 5.26 Å². The summed E-state index contributed by atoms with van der Waals surface area (Å²) < 4.78 is 13.2. The Bertz CT molecular complexity index is 1620. The molecule has 196 valence electrons. The van der Waals surface area contributed by atoms with Crippen LogP contribution in [0.25, 0.3) is 21.8 Å². The second kappa shape index (κ2) is 9.58. The summed E-state index contributed by atoms with van der Waals surface area (Å²) in [5, 5.41) is 19.2. The first kappa shape index (κ1) is 25.4. The molecule has 10 nitrogen and oxygen atoms in total. The second-order valence-electron chi connectivity index (χ2n) is 10.7. The van der Waals surface area contributed by atoms with Gasteiger partial charge in [0.1, 0.15) is 11.0 Å². The average molecular weight is 515 g/mol. The van der Waals surface area contributed by atoms with Crippen LogP contribution in [0.4, 0.5) is 11.5 Å². The Balaban J connectivity index is 1.51. The number of nitriles is 1. The Labute approximate surface area is 219 Å². The summed E-state index contributed by atoms with van der Waals surface area (Å²) >= 11 is 0. The van der Waals surface area contributed by atoms with Crippen molar-refractivity contribution < 1.29 is 14.3 Å². The number of nitrogens with zero attached hydrogens (tertiary/aromatic N) is 4. The molecular formula is C28H30N6O4. The van der Waals surface area contributed by atoms with E-state index in [2.05, 4.69) is 21.4 Å². The fourth-order valence-corrected chi connectivity index (χ4v) is 4.86. The molecule has 0 amide bonds. The van der Waals surface area contributed by atoms with E-state index in [9.17, 15) is 14.9 Å². The molecule has 38 heavy (non-hydrogen) atoms. The molecule has 1 aliphatic heterocycles.